The predicted octanol–water partition coefficient (Wildman–Crippen LogP) is 2.68. The third-order valence-electron chi connectivity index (χ3n) is 3.97. The van der Waals surface area contributed by atoms with Crippen LogP contribution in [0.4, 0.5) is 0 Å². The summed E-state index contributed by atoms with van der Waals surface area (Å²) in [6, 6.07) is 6.67. The Labute approximate surface area is 160 Å². The first-order chi connectivity index (χ1) is 12.6. The molecule has 2 amide bonds. The number of ether oxygens (including phenoxy) is 1. The molecule has 1 aliphatic heterocycles. The van der Waals surface area contributed by atoms with Crippen LogP contribution in [0.5, 0.6) is 5.75 Å². The van der Waals surface area contributed by atoms with Gasteiger partial charge in [0.05, 0.1) is 35.3 Å². The second-order valence-electron chi connectivity index (χ2n) is 5.80. The number of para-hydroxylation sites is 1. The van der Waals surface area contributed by atoms with Gasteiger partial charge in [-0.15, -0.1) is 23.1 Å². The highest BCUT2D eigenvalue weighted by molar-refractivity contribution is 7.99. The van der Waals surface area contributed by atoms with Gasteiger partial charge in [0.1, 0.15) is 11.8 Å². The van der Waals surface area contributed by atoms with Crippen LogP contribution in [0.15, 0.2) is 29.6 Å². The SMILES string of the molecule is CCOc1ccccc1C(=O)N1CSCC1C(=O)NCc1csc(C)n1. The number of nitrogens with one attached hydrogen (secondary N) is 1. The number of carbonyl (C=O) groups is 2. The van der Waals surface area contributed by atoms with Crippen LogP contribution in [0.1, 0.15) is 28.0 Å². The Morgan fingerprint density at radius 1 is 1.38 bits per heavy atom. The number of aromatic nitrogens is 1. The smallest absolute Gasteiger partial charge is 0.259 e. The third-order valence-corrected chi connectivity index (χ3v) is 5.81. The van der Waals surface area contributed by atoms with Gasteiger partial charge >= 0.3 is 0 Å². The number of benzene rings is 1. The van der Waals surface area contributed by atoms with Crippen molar-refractivity contribution in [2.24, 2.45) is 0 Å². The number of thioether (sulfide) groups is 1. The van der Waals surface area contributed by atoms with Crippen LogP contribution in [0.25, 0.3) is 0 Å². The summed E-state index contributed by atoms with van der Waals surface area (Å²) in [5.74, 6) is 1.30. The molecule has 1 aliphatic rings. The zero-order chi connectivity index (χ0) is 18.5. The first kappa shape index (κ1) is 18.7. The van der Waals surface area contributed by atoms with Gasteiger partial charge in [0.15, 0.2) is 0 Å². The Balaban J connectivity index is 1.69. The Bertz CT molecular complexity index is 793. The Kier molecular flexibility index (Phi) is 6.16. The summed E-state index contributed by atoms with van der Waals surface area (Å²) in [4.78, 5) is 31.5. The number of carbonyl (C=O) groups excluding carboxylic acids is 2. The molecular formula is C18H21N3O3S2. The molecule has 138 valence electrons. The summed E-state index contributed by atoms with van der Waals surface area (Å²) in [7, 11) is 0. The molecule has 1 atom stereocenters. The Morgan fingerprint density at radius 3 is 2.92 bits per heavy atom. The number of hydrogen-bond donors (Lipinski definition) is 1. The molecule has 1 aromatic carbocycles. The molecule has 2 heterocycles. The van der Waals surface area contributed by atoms with Crippen LogP contribution in [0, 0.1) is 6.92 Å². The summed E-state index contributed by atoms with van der Waals surface area (Å²) in [6.07, 6.45) is 0. The molecule has 2 aromatic rings. The van der Waals surface area contributed by atoms with E-state index in [-0.39, 0.29) is 11.8 Å². The lowest BCUT2D eigenvalue weighted by molar-refractivity contribution is -0.124. The average molecular weight is 392 g/mol. The molecule has 6 nitrogen and oxygen atoms in total. The predicted molar refractivity (Wildman–Crippen MR) is 104 cm³/mol. The molecule has 8 heteroatoms. The summed E-state index contributed by atoms with van der Waals surface area (Å²) in [5.41, 5.74) is 1.33. The molecule has 1 N–H and O–H groups in total. The lowest BCUT2D eigenvalue weighted by atomic mass is 10.1. The van der Waals surface area contributed by atoms with E-state index in [1.165, 1.54) is 0 Å². The van der Waals surface area contributed by atoms with Gasteiger partial charge in [-0.3, -0.25) is 9.59 Å². The Hall–Kier alpha value is -2.06. The second-order valence-corrected chi connectivity index (χ2v) is 7.86. The normalized spacial score (nSPS) is 16.5. The molecule has 1 unspecified atom stereocenters. The fourth-order valence-corrected chi connectivity index (χ4v) is 4.49. The highest BCUT2D eigenvalue weighted by Gasteiger charge is 2.35. The lowest BCUT2D eigenvalue weighted by Gasteiger charge is -2.24. The maximum atomic E-state index is 13.0. The molecule has 0 saturated carbocycles. The van der Waals surface area contributed by atoms with Crippen molar-refractivity contribution in [3.05, 3.63) is 45.9 Å². The quantitative estimate of drug-likeness (QED) is 0.820. The van der Waals surface area contributed by atoms with Crippen LogP contribution < -0.4 is 10.1 Å². The number of aryl methyl sites for hydroxylation is 1. The molecule has 1 saturated heterocycles. The number of hydrogen-bond acceptors (Lipinski definition) is 6. The van der Waals surface area contributed by atoms with Crippen LogP contribution >= 0.6 is 23.1 Å². The topological polar surface area (TPSA) is 71.5 Å². The van der Waals surface area contributed by atoms with Crippen LogP contribution in [-0.4, -0.2) is 46.0 Å². The van der Waals surface area contributed by atoms with Crippen molar-refractivity contribution < 1.29 is 14.3 Å². The third kappa shape index (κ3) is 4.19. The minimum Gasteiger partial charge on any atom is -0.493 e. The highest BCUT2D eigenvalue weighted by atomic mass is 32.2. The zero-order valence-corrected chi connectivity index (χ0v) is 16.4. The number of amides is 2. The summed E-state index contributed by atoms with van der Waals surface area (Å²) < 4.78 is 5.56. The van der Waals surface area contributed by atoms with Crippen LogP contribution in [0.2, 0.25) is 0 Å². The lowest BCUT2D eigenvalue weighted by Crippen LogP contribution is -2.47. The summed E-state index contributed by atoms with van der Waals surface area (Å²) >= 11 is 3.13. The van der Waals surface area contributed by atoms with Gasteiger partial charge in [-0.1, -0.05) is 12.1 Å². The van der Waals surface area contributed by atoms with E-state index in [0.717, 1.165) is 10.7 Å². The molecular weight excluding hydrogens is 370 g/mol. The second kappa shape index (κ2) is 8.55. The van der Waals surface area contributed by atoms with Gasteiger partial charge in [-0.2, -0.15) is 0 Å². The van der Waals surface area contributed by atoms with Crippen molar-refractivity contribution in [1.29, 1.82) is 0 Å². The molecule has 26 heavy (non-hydrogen) atoms. The fraction of sp³-hybridized carbons (Fsp3) is 0.389. The molecule has 1 fully saturated rings. The zero-order valence-electron chi connectivity index (χ0n) is 14.7. The minimum absolute atomic E-state index is 0.150. The van der Waals surface area contributed by atoms with Crippen molar-refractivity contribution in [1.82, 2.24) is 15.2 Å². The van der Waals surface area contributed by atoms with Crippen molar-refractivity contribution in [2.75, 3.05) is 18.2 Å². The van der Waals surface area contributed by atoms with E-state index >= 15 is 0 Å². The van der Waals surface area contributed by atoms with Gasteiger partial charge in [-0.25, -0.2) is 4.98 Å². The van der Waals surface area contributed by atoms with Crippen molar-refractivity contribution in [3.63, 3.8) is 0 Å². The molecule has 0 radical (unpaired) electrons. The van der Waals surface area contributed by atoms with Gasteiger partial charge in [0.25, 0.3) is 5.91 Å². The number of thiazole rings is 1. The molecule has 1 aromatic heterocycles. The molecule has 0 spiro atoms. The largest absolute Gasteiger partial charge is 0.493 e. The Morgan fingerprint density at radius 2 is 2.19 bits per heavy atom. The number of rotatable bonds is 6. The fourth-order valence-electron chi connectivity index (χ4n) is 2.72. The maximum Gasteiger partial charge on any atom is 0.259 e. The van der Waals surface area contributed by atoms with E-state index in [4.69, 9.17) is 4.74 Å². The van der Waals surface area contributed by atoms with E-state index in [1.54, 1.807) is 46.2 Å². The van der Waals surface area contributed by atoms with Crippen molar-refractivity contribution >= 4 is 34.9 Å². The van der Waals surface area contributed by atoms with Crippen LogP contribution in [0.3, 0.4) is 0 Å². The van der Waals surface area contributed by atoms with Crippen molar-refractivity contribution in [2.45, 2.75) is 26.4 Å². The van der Waals surface area contributed by atoms with Crippen molar-refractivity contribution in [3.8, 4) is 5.75 Å². The van der Waals surface area contributed by atoms with E-state index in [1.807, 2.05) is 25.3 Å². The standard InChI is InChI=1S/C18H21N3O3S2/c1-3-24-16-7-5-4-6-14(16)18(23)21-11-25-10-15(21)17(22)19-8-13-9-26-12(2)20-13/h4-7,9,15H,3,8,10-11H2,1-2H3,(H,19,22). The molecule has 3 rings (SSSR count). The van der Waals surface area contributed by atoms with Gasteiger partial charge in [-0.05, 0) is 26.0 Å². The monoisotopic (exact) mass is 391 g/mol. The van der Waals surface area contributed by atoms with Crippen LogP contribution in [-0.2, 0) is 11.3 Å². The van der Waals surface area contributed by atoms with E-state index in [2.05, 4.69) is 10.3 Å². The first-order valence-corrected chi connectivity index (χ1v) is 10.4. The molecule has 0 bridgehead atoms. The van der Waals surface area contributed by atoms with E-state index in [0.29, 0.717) is 36.1 Å². The minimum atomic E-state index is -0.484. The van der Waals surface area contributed by atoms with E-state index < -0.39 is 6.04 Å². The molecule has 0 aliphatic carbocycles. The number of nitrogens with zero attached hydrogens (tertiary/aromatic N) is 2. The first-order valence-electron chi connectivity index (χ1n) is 8.39. The van der Waals surface area contributed by atoms with E-state index in [9.17, 15) is 9.59 Å². The summed E-state index contributed by atoms with van der Waals surface area (Å²) in [5, 5.41) is 5.80. The van der Waals surface area contributed by atoms with Gasteiger partial charge < -0.3 is 15.0 Å². The highest BCUT2D eigenvalue weighted by Crippen LogP contribution is 2.27. The van der Waals surface area contributed by atoms with Gasteiger partial charge in [0, 0.05) is 11.1 Å². The maximum absolute atomic E-state index is 13.0. The van der Waals surface area contributed by atoms with Gasteiger partial charge in [0.2, 0.25) is 5.91 Å². The summed E-state index contributed by atoms with van der Waals surface area (Å²) in [6.45, 7) is 4.67. The average Bonchev–Trinajstić information content (AvgIpc) is 3.29.